The highest BCUT2D eigenvalue weighted by molar-refractivity contribution is 7.47. The maximum absolute atomic E-state index is 12.1. The molecule has 0 saturated carbocycles. The molecule has 0 spiro atoms. The summed E-state index contributed by atoms with van der Waals surface area (Å²) < 4.78 is 33.8. The first-order valence-corrected chi connectivity index (χ1v) is 22.3. The summed E-state index contributed by atoms with van der Waals surface area (Å²) in [5.74, 6) is 0. The highest BCUT2D eigenvalue weighted by Crippen LogP contribution is 2.43. The molecule has 0 aromatic carbocycles. The van der Waals surface area contributed by atoms with Gasteiger partial charge in [-0.2, -0.15) is 0 Å². The van der Waals surface area contributed by atoms with Gasteiger partial charge in [-0.3, -0.25) is 9.05 Å². The molecule has 8 heteroatoms. The van der Waals surface area contributed by atoms with Gasteiger partial charge < -0.3 is 20.1 Å². The Bertz CT molecular complexity index is 903. The van der Waals surface area contributed by atoms with E-state index in [1.807, 2.05) is 6.08 Å². The molecule has 0 aliphatic rings. The van der Waals surface area contributed by atoms with Crippen LogP contribution in [0.5, 0.6) is 0 Å². The molecule has 0 aliphatic carbocycles. The third-order valence-corrected chi connectivity index (χ3v) is 9.56. The molecule has 7 nitrogen and oxygen atoms in total. The number of unbranched alkanes of at least 4 members (excludes halogenated alkanes) is 19. The minimum absolute atomic E-state index is 0.0464. The first kappa shape index (κ1) is 49.5. The average molecular weight is 738 g/mol. The van der Waals surface area contributed by atoms with Gasteiger partial charge in [0.1, 0.15) is 12.7 Å². The number of hydrogen-bond acceptors (Lipinski definition) is 6. The second kappa shape index (κ2) is 41.3. The van der Waals surface area contributed by atoms with Crippen molar-refractivity contribution in [3.8, 4) is 0 Å². The zero-order chi connectivity index (χ0) is 37.2. The van der Waals surface area contributed by atoms with Crippen LogP contribution in [0.3, 0.4) is 0 Å². The fraction of sp³-hybridized carbons (Fsp3) is 0.767. The molecule has 0 bridgehead atoms. The number of allylic oxidation sites excluding steroid dienone is 9. The van der Waals surface area contributed by atoms with Crippen LogP contribution in [0, 0.1) is 0 Å². The molecule has 0 aromatic rings. The second-order valence-corrected chi connectivity index (χ2v) is 15.0. The number of nitrogens with two attached hydrogens (primary N) is 1. The highest BCUT2D eigenvalue weighted by atomic mass is 31.2. The lowest BCUT2D eigenvalue weighted by Gasteiger charge is -2.19. The predicted octanol–water partition coefficient (Wildman–Crippen LogP) is 13.0. The Balaban J connectivity index is 4.08. The minimum Gasteiger partial charge on any atom is -0.499 e. The first-order chi connectivity index (χ1) is 25.1. The quantitative estimate of drug-likeness (QED) is 0.0279. The van der Waals surface area contributed by atoms with Gasteiger partial charge in [0.2, 0.25) is 0 Å². The zero-order valence-electron chi connectivity index (χ0n) is 33.1. The van der Waals surface area contributed by atoms with Gasteiger partial charge in [0, 0.05) is 13.2 Å². The Hall–Kier alpha value is -1.47. The van der Waals surface area contributed by atoms with Crippen molar-refractivity contribution in [1.82, 2.24) is 0 Å². The Labute approximate surface area is 315 Å². The first-order valence-electron chi connectivity index (χ1n) is 20.9. The van der Waals surface area contributed by atoms with Crippen LogP contribution < -0.4 is 5.73 Å². The van der Waals surface area contributed by atoms with Gasteiger partial charge in [-0.1, -0.05) is 159 Å². The van der Waals surface area contributed by atoms with Gasteiger partial charge in [0.25, 0.3) is 0 Å². The van der Waals surface area contributed by atoms with E-state index in [9.17, 15) is 9.46 Å². The Morgan fingerprint density at radius 3 is 1.49 bits per heavy atom. The molecular weight excluding hydrogens is 657 g/mol. The van der Waals surface area contributed by atoms with Crippen molar-refractivity contribution in [3.63, 3.8) is 0 Å². The molecule has 0 radical (unpaired) electrons. The monoisotopic (exact) mass is 738 g/mol. The van der Waals surface area contributed by atoms with Gasteiger partial charge in [-0.05, 0) is 70.3 Å². The van der Waals surface area contributed by atoms with Crippen LogP contribution in [0.25, 0.3) is 0 Å². The molecule has 0 amide bonds. The largest absolute Gasteiger partial charge is 0.499 e. The highest BCUT2D eigenvalue weighted by Gasteiger charge is 2.23. The van der Waals surface area contributed by atoms with E-state index in [4.69, 9.17) is 24.3 Å². The molecule has 51 heavy (non-hydrogen) atoms. The lowest BCUT2D eigenvalue weighted by atomic mass is 10.0. The summed E-state index contributed by atoms with van der Waals surface area (Å²) in [4.78, 5) is 9.88. The van der Waals surface area contributed by atoms with Gasteiger partial charge >= 0.3 is 7.82 Å². The van der Waals surface area contributed by atoms with Crippen LogP contribution in [0.4, 0.5) is 0 Å². The van der Waals surface area contributed by atoms with Gasteiger partial charge in [0.05, 0.1) is 19.5 Å². The number of phosphoric ester groups is 1. The number of hydrogen-bond donors (Lipinski definition) is 2. The van der Waals surface area contributed by atoms with Crippen molar-refractivity contribution in [3.05, 3.63) is 60.9 Å². The molecule has 1 unspecified atom stereocenters. The summed E-state index contributed by atoms with van der Waals surface area (Å²) >= 11 is 0. The predicted molar refractivity (Wildman–Crippen MR) is 219 cm³/mol. The van der Waals surface area contributed by atoms with Crippen molar-refractivity contribution in [2.24, 2.45) is 5.73 Å². The van der Waals surface area contributed by atoms with E-state index in [1.165, 1.54) is 109 Å². The minimum atomic E-state index is -4.18. The van der Waals surface area contributed by atoms with E-state index in [1.54, 1.807) is 6.26 Å². The third-order valence-electron chi connectivity index (χ3n) is 8.57. The number of rotatable bonds is 40. The van der Waals surface area contributed by atoms with E-state index in [-0.39, 0.29) is 26.4 Å². The van der Waals surface area contributed by atoms with Crippen molar-refractivity contribution >= 4 is 7.82 Å². The van der Waals surface area contributed by atoms with Crippen LogP contribution >= 0.6 is 7.82 Å². The van der Waals surface area contributed by atoms with Crippen LogP contribution in [-0.2, 0) is 23.1 Å². The Kier molecular flexibility index (Phi) is 40.1. The summed E-state index contributed by atoms with van der Waals surface area (Å²) in [5, 5.41) is 0. The zero-order valence-corrected chi connectivity index (χ0v) is 34.0. The summed E-state index contributed by atoms with van der Waals surface area (Å²) in [6.07, 6.45) is 52.0. The van der Waals surface area contributed by atoms with E-state index in [2.05, 4.69) is 62.5 Å². The van der Waals surface area contributed by atoms with E-state index < -0.39 is 13.9 Å². The number of phosphoric acid groups is 1. The van der Waals surface area contributed by atoms with Crippen molar-refractivity contribution in [1.29, 1.82) is 0 Å². The topological polar surface area (TPSA) is 100 Å². The molecule has 0 fully saturated rings. The fourth-order valence-electron chi connectivity index (χ4n) is 5.46. The van der Waals surface area contributed by atoms with Crippen LogP contribution in [0.2, 0.25) is 0 Å². The van der Waals surface area contributed by atoms with Gasteiger partial charge in [-0.15, -0.1) is 0 Å². The standard InChI is InChI=1S/C43H80NO6P/c1-3-5-7-9-11-13-15-17-19-21-22-24-26-28-30-32-34-36-39-48-43(42-50-51(45,46)49-40-37-44)41-47-38-35-33-31-29-27-25-23-20-18-16-14-12-10-8-6-4-2/h11,13,17,19,22,24,28,30,35,38,43H,3-10,12,14-16,18,20-21,23,25-27,29,31-34,36-37,39-42,44H2,1-2H3,(H,45,46)/b13-11-,19-17-,24-22-,30-28-,38-35-/t43-/m1/s1. The number of ether oxygens (including phenoxy) is 2. The van der Waals surface area contributed by atoms with Crippen LogP contribution in [-0.4, -0.2) is 44.0 Å². The maximum atomic E-state index is 12.1. The van der Waals surface area contributed by atoms with E-state index in [0.717, 1.165) is 51.4 Å². The Morgan fingerprint density at radius 1 is 0.529 bits per heavy atom. The van der Waals surface area contributed by atoms with E-state index in [0.29, 0.717) is 6.61 Å². The molecular formula is C43H80NO6P. The maximum Gasteiger partial charge on any atom is 0.472 e. The molecule has 2 atom stereocenters. The molecule has 3 N–H and O–H groups in total. The molecule has 0 heterocycles. The SMILES string of the molecule is CCCCC/C=C\C/C=C\C/C=C\C/C=C\CCCCO[C@H](CO/C=C\CCCCCCCCCCCCCCCC)COP(=O)(O)OCCN. The van der Waals surface area contributed by atoms with Crippen molar-refractivity contribution < 1.29 is 28.0 Å². The van der Waals surface area contributed by atoms with E-state index >= 15 is 0 Å². The normalized spacial score (nSPS) is 14.3. The van der Waals surface area contributed by atoms with Crippen molar-refractivity contribution in [2.45, 2.75) is 180 Å². The lowest BCUT2D eigenvalue weighted by Crippen LogP contribution is -2.25. The summed E-state index contributed by atoms with van der Waals surface area (Å²) in [5.41, 5.74) is 5.38. The van der Waals surface area contributed by atoms with Crippen molar-refractivity contribution in [2.75, 3.05) is 33.0 Å². The van der Waals surface area contributed by atoms with Crippen LogP contribution in [0.15, 0.2) is 60.9 Å². The average Bonchev–Trinajstić information content (AvgIpc) is 3.13. The Morgan fingerprint density at radius 2 is 0.961 bits per heavy atom. The summed E-state index contributed by atoms with van der Waals surface area (Å²) in [6.45, 7) is 5.27. The molecule has 0 rings (SSSR count). The second-order valence-electron chi connectivity index (χ2n) is 13.6. The lowest BCUT2D eigenvalue weighted by molar-refractivity contribution is -0.0257. The van der Waals surface area contributed by atoms with Crippen LogP contribution in [0.1, 0.15) is 174 Å². The third kappa shape index (κ3) is 41.2. The molecule has 0 aromatic heterocycles. The molecule has 0 saturated heterocycles. The summed E-state index contributed by atoms with van der Waals surface area (Å²) in [7, 11) is -4.18. The smallest absolute Gasteiger partial charge is 0.472 e. The summed E-state index contributed by atoms with van der Waals surface area (Å²) in [6, 6.07) is 0. The fourth-order valence-corrected chi connectivity index (χ4v) is 6.22. The molecule has 0 aliphatic heterocycles. The van der Waals surface area contributed by atoms with Gasteiger partial charge in [0.15, 0.2) is 0 Å². The molecule has 298 valence electrons. The van der Waals surface area contributed by atoms with Gasteiger partial charge in [-0.25, -0.2) is 4.57 Å².